The van der Waals surface area contributed by atoms with E-state index in [1.807, 2.05) is 30.0 Å². The monoisotopic (exact) mass is 565 g/mol. The Balaban J connectivity index is 1.47. The van der Waals surface area contributed by atoms with Gasteiger partial charge in [-0.25, -0.2) is 8.42 Å². The molecule has 3 aromatic rings. The molecule has 1 aliphatic rings. The summed E-state index contributed by atoms with van der Waals surface area (Å²) in [6.45, 7) is 4.58. The number of nitrogens with zero attached hydrogens (tertiary/aromatic N) is 3. The maximum atomic E-state index is 13.1. The van der Waals surface area contributed by atoms with E-state index in [1.54, 1.807) is 42.5 Å². The quantitative estimate of drug-likeness (QED) is 0.374. The van der Waals surface area contributed by atoms with Gasteiger partial charge in [0.05, 0.1) is 18.5 Å². The smallest absolute Gasteiger partial charge is 0.253 e. The molecule has 1 saturated heterocycles. The van der Waals surface area contributed by atoms with E-state index < -0.39 is 10.0 Å². The average Bonchev–Trinajstić information content (AvgIpc) is 2.84. The first-order chi connectivity index (χ1) is 17.0. The Kier molecular flexibility index (Phi) is 8.05. The molecule has 1 fully saturated rings. The van der Waals surface area contributed by atoms with Gasteiger partial charge in [-0.3, -0.25) is 9.10 Å². The van der Waals surface area contributed by atoms with Crippen molar-refractivity contribution in [3.63, 3.8) is 0 Å². The van der Waals surface area contributed by atoms with Gasteiger partial charge in [-0.2, -0.15) is 0 Å². The van der Waals surface area contributed by atoms with E-state index in [0.29, 0.717) is 58.1 Å². The second-order valence-electron chi connectivity index (χ2n) is 8.73. The van der Waals surface area contributed by atoms with Crippen molar-refractivity contribution in [2.24, 2.45) is 0 Å². The molecule has 0 bridgehead atoms. The molecule has 0 N–H and O–H groups in total. The minimum atomic E-state index is -3.64. The molecule has 0 spiro atoms. The van der Waals surface area contributed by atoms with Crippen LogP contribution >= 0.6 is 34.8 Å². The average molecular weight is 567 g/mol. The number of halogens is 3. The standard InChI is InChI=1S/C26H26Cl3N3O3S/c1-18-6-9-20(27)16-25(18)30-12-14-31(15-13-30)26(33)19-7-10-21(11-8-19)32(36(2,34)35)17-22-23(28)4-3-5-24(22)29/h3-11,16H,12-15,17H2,1-2H3. The number of sulfonamides is 1. The Morgan fingerprint density at radius 2 is 1.53 bits per heavy atom. The minimum absolute atomic E-state index is 0.0183. The predicted octanol–water partition coefficient (Wildman–Crippen LogP) is 5.88. The molecule has 1 heterocycles. The van der Waals surface area contributed by atoms with Crippen LogP contribution in [0.1, 0.15) is 21.5 Å². The molecule has 0 radical (unpaired) electrons. The van der Waals surface area contributed by atoms with E-state index in [0.717, 1.165) is 17.5 Å². The fourth-order valence-electron chi connectivity index (χ4n) is 4.25. The number of carbonyl (C=O) groups excluding carboxylic acids is 1. The van der Waals surface area contributed by atoms with Crippen molar-refractivity contribution in [2.45, 2.75) is 13.5 Å². The van der Waals surface area contributed by atoms with Gasteiger partial charge in [-0.1, -0.05) is 46.9 Å². The zero-order valence-electron chi connectivity index (χ0n) is 19.9. The predicted molar refractivity (Wildman–Crippen MR) is 148 cm³/mol. The molecule has 190 valence electrons. The van der Waals surface area contributed by atoms with E-state index in [1.165, 1.54) is 4.31 Å². The van der Waals surface area contributed by atoms with Gasteiger partial charge in [0.25, 0.3) is 5.91 Å². The molecule has 3 aromatic carbocycles. The van der Waals surface area contributed by atoms with Crippen molar-refractivity contribution in [3.8, 4) is 0 Å². The molecule has 0 aliphatic carbocycles. The van der Waals surface area contributed by atoms with Crippen LogP contribution in [0.2, 0.25) is 15.1 Å². The Morgan fingerprint density at radius 1 is 0.917 bits per heavy atom. The molecular weight excluding hydrogens is 541 g/mol. The lowest BCUT2D eigenvalue weighted by atomic mass is 10.1. The van der Waals surface area contributed by atoms with Gasteiger partial charge in [0, 0.05) is 58.1 Å². The highest BCUT2D eigenvalue weighted by Crippen LogP contribution is 2.30. The van der Waals surface area contributed by atoms with E-state index in [-0.39, 0.29) is 12.5 Å². The Morgan fingerprint density at radius 3 is 2.11 bits per heavy atom. The van der Waals surface area contributed by atoms with Gasteiger partial charge in [0.1, 0.15) is 0 Å². The van der Waals surface area contributed by atoms with Crippen LogP contribution in [0, 0.1) is 6.92 Å². The molecule has 6 nitrogen and oxygen atoms in total. The summed E-state index contributed by atoms with van der Waals surface area (Å²) in [4.78, 5) is 17.2. The van der Waals surface area contributed by atoms with Crippen LogP contribution in [0.4, 0.5) is 11.4 Å². The fraction of sp³-hybridized carbons (Fsp3) is 0.269. The highest BCUT2D eigenvalue weighted by molar-refractivity contribution is 7.92. The van der Waals surface area contributed by atoms with Crippen molar-refractivity contribution < 1.29 is 13.2 Å². The van der Waals surface area contributed by atoms with Gasteiger partial charge < -0.3 is 9.80 Å². The zero-order chi connectivity index (χ0) is 26.0. The first kappa shape index (κ1) is 26.6. The van der Waals surface area contributed by atoms with E-state index >= 15 is 0 Å². The highest BCUT2D eigenvalue weighted by Gasteiger charge is 2.25. The van der Waals surface area contributed by atoms with E-state index in [2.05, 4.69) is 4.90 Å². The Bertz CT molecular complexity index is 1350. The summed E-state index contributed by atoms with van der Waals surface area (Å²) in [5, 5.41) is 1.46. The largest absolute Gasteiger partial charge is 0.368 e. The number of piperazine rings is 1. The topological polar surface area (TPSA) is 60.9 Å². The van der Waals surface area contributed by atoms with Gasteiger partial charge in [-0.15, -0.1) is 0 Å². The molecule has 0 aromatic heterocycles. The molecule has 36 heavy (non-hydrogen) atoms. The summed E-state index contributed by atoms with van der Waals surface area (Å²) in [6.07, 6.45) is 1.12. The maximum Gasteiger partial charge on any atom is 0.253 e. The summed E-state index contributed by atoms with van der Waals surface area (Å²) in [6, 6.07) is 17.4. The second kappa shape index (κ2) is 10.9. The van der Waals surface area contributed by atoms with E-state index in [9.17, 15) is 13.2 Å². The van der Waals surface area contributed by atoms with Crippen molar-refractivity contribution in [2.75, 3.05) is 41.6 Å². The number of anilines is 2. The lowest BCUT2D eigenvalue weighted by Crippen LogP contribution is -2.49. The highest BCUT2D eigenvalue weighted by atomic mass is 35.5. The lowest BCUT2D eigenvalue weighted by molar-refractivity contribution is 0.0747. The van der Waals surface area contributed by atoms with Crippen LogP contribution in [0.5, 0.6) is 0 Å². The normalized spacial score (nSPS) is 14.1. The summed E-state index contributed by atoms with van der Waals surface area (Å²) in [5.41, 5.74) is 3.66. The first-order valence-electron chi connectivity index (χ1n) is 11.4. The SMILES string of the molecule is Cc1ccc(Cl)cc1N1CCN(C(=O)c2ccc(N(Cc3c(Cl)cccc3Cl)S(C)(=O)=O)cc2)CC1. The van der Waals surface area contributed by atoms with Gasteiger partial charge >= 0.3 is 0 Å². The van der Waals surface area contributed by atoms with Crippen molar-refractivity contribution in [3.05, 3.63) is 92.4 Å². The van der Waals surface area contributed by atoms with Crippen LogP contribution in [-0.2, 0) is 16.6 Å². The summed E-state index contributed by atoms with van der Waals surface area (Å²) in [7, 11) is -3.64. The number of hydrogen-bond donors (Lipinski definition) is 0. The summed E-state index contributed by atoms with van der Waals surface area (Å²) >= 11 is 18.7. The molecule has 10 heteroatoms. The molecular formula is C26H26Cl3N3O3S. The molecule has 0 unspecified atom stereocenters. The van der Waals surface area contributed by atoms with Crippen LogP contribution in [-0.4, -0.2) is 51.7 Å². The fourth-order valence-corrected chi connectivity index (χ4v) is 5.81. The third kappa shape index (κ3) is 5.92. The molecule has 0 atom stereocenters. The van der Waals surface area contributed by atoms with Gasteiger partial charge in [-0.05, 0) is 61.0 Å². The van der Waals surface area contributed by atoms with Crippen molar-refractivity contribution >= 4 is 62.1 Å². The molecule has 1 aliphatic heterocycles. The second-order valence-corrected chi connectivity index (χ2v) is 11.9. The number of amides is 1. The number of rotatable bonds is 6. The Labute approximate surface area is 227 Å². The molecule has 1 amide bonds. The third-order valence-corrected chi connectivity index (χ3v) is 8.33. The van der Waals surface area contributed by atoms with Crippen LogP contribution in [0.25, 0.3) is 0 Å². The van der Waals surface area contributed by atoms with Crippen molar-refractivity contribution in [1.29, 1.82) is 0 Å². The summed E-state index contributed by atoms with van der Waals surface area (Å²) < 4.78 is 26.4. The Hall–Kier alpha value is -2.45. The zero-order valence-corrected chi connectivity index (χ0v) is 23.0. The maximum absolute atomic E-state index is 13.1. The molecule has 4 rings (SSSR count). The van der Waals surface area contributed by atoms with Gasteiger partial charge in [0.2, 0.25) is 10.0 Å². The number of hydrogen-bond acceptors (Lipinski definition) is 4. The van der Waals surface area contributed by atoms with Crippen LogP contribution < -0.4 is 9.21 Å². The van der Waals surface area contributed by atoms with Gasteiger partial charge in [0.15, 0.2) is 0 Å². The summed E-state index contributed by atoms with van der Waals surface area (Å²) in [5.74, 6) is -0.0935. The number of carbonyl (C=O) groups is 1. The van der Waals surface area contributed by atoms with Crippen molar-refractivity contribution in [1.82, 2.24) is 4.90 Å². The lowest BCUT2D eigenvalue weighted by Gasteiger charge is -2.37. The molecule has 0 saturated carbocycles. The van der Waals surface area contributed by atoms with E-state index in [4.69, 9.17) is 34.8 Å². The van der Waals surface area contributed by atoms with Crippen LogP contribution in [0.15, 0.2) is 60.7 Å². The van der Waals surface area contributed by atoms with Crippen LogP contribution in [0.3, 0.4) is 0 Å². The number of benzene rings is 3. The number of aryl methyl sites for hydroxylation is 1. The first-order valence-corrected chi connectivity index (χ1v) is 14.3. The minimum Gasteiger partial charge on any atom is -0.368 e. The third-order valence-electron chi connectivity index (χ3n) is 6.24.